The van der Waals surface area contributed by atoms with Gasteiger partial charge < -0.3 is 9.84 Å². The summed E-state index contributed by atoms with van der Waals surface area (Å²) in [7, 11) is 1.48. The van der Waals surface area contributed by atoms with Gasteiger partial charge in [-0.2, -0.15) is 0 Å². The molecule has 1 rings (SSSR count). The van der Waals surface area contributed by atoms with Gasteiger partial charge in [0, 0.05) is 33.0 Å². The molecule has 14 heavy (non-hydrogen) atoms. The Labute approximate surface area is 82.6 Å². The van der Waals surface area contributed by atoms with Gasteiger partial charge in [-0.15, -0.1) is 0 Å². The fourth-order valence-corrected chi connectivity index (χ4v) is 1.58. The molecule has 1 aliphatic heterocycles. The Balaban J connectivity index is 2.51. The highest BCUT2D eigenvalue weighted by Crippen LogP contribution is 2.10. The number of carbonyl (C=O) groups is 2. The normalized spacial score (nSPS) is 20.8. The van der Waals surface area contributed by atoms with E-state index in [0.29, 0.717) is 25.9 Å². The number of Topliss-reactive ketones (excluding diaryl/α,β-unsaturated/α-hetero) is 1. The van der Waals surface area contributed by atoms with Gasteiger partial charge in [0.25, 0.3) is 0 Å². The number of methoxy groups -OCH3 is 1. The highest BCUT2D eigenvalue weighted by Gasteiger charge is 2.28. The van der Waals surface area contributed by atoms with E-state index >= 15 is 0 Å². The molecule has 1 saturated heterocycles. The lowest BCUT2D eigenvalue weighted by molar-refractivity contribution is -0.147. The summed E-state index contributed by atoms with van der Waals surface area (Å²) in [5.41, 5.74) is 0. The Morgan fingerprint density at radius 2 is 2.14 bits per heavy atom. The maximum Gasteiger partial charge on any atom is 0.323 e. The molecule has 1 atom stereocenters. The van der Waals surface area contributed by atoms with Gasteiger partial charge in [-0.1, -0.05) is 0 Å². The predicted octanol–water partition coefficient (Wildman–Crippen LogP) is -0.249. The van der Waals surface area contributed by atoms with Gasteiger partial charge in [-0.25, -0.2) is 0 Å². The number of ether oxygens (including phenoxy) is 1. The number of carboxylic acid groups (broad SMARTS) is 1. The van der Waals surface area contributed by atoms with Crippen LogP contribution >= 0.6 is 0 Å². The summed E-state index contributed by atoms with van der Waals surface area (Å²) in [6, 6.07) is -0.618. The number of likely N-dealkylation sites (tertiary alicyclic amines) is 1. The van der Waals surface area contributed by atoms with Crippen molar-refractivity contribution < 1.29 is 19.4 Å². The van der Waals surface area contributed by atoms with Gasteiger partial charge in [-0.3, -0.25) is 14.5 Å². The molecule has 0 aromatic carbocycles. The van der Waals surface area contributed by atoms with Crippen LogP contribution in [-0.4, -0.2) is 54.6 Å². The monoisotopic (exact) mass is 201 g/mol. The van der Waals surface area contributed by atoms with E-state index in [-0.39, 0.29) is 12.4 Å². The average Bonchev–Trinajstić information content (AvgIpc) is 2.15. The fourth-order valence-electron chi connectivity index (χ4n) is 1.58. The number of ketones is 1. The molecule has 0 amide bonds. The second kappa shape index (κ2) is 5.07. The minimum atomic E-state index is -0.888. The van der Waals surface area contributed by atoms with Crippen molar-refractivity contribution in [1.82, 2.24) is 4.90 Å². The second-order valence-corrected chi connectivity index (χ2v) is 3.38. The Kier molecular flexibility index (Phi) is 4.03. The molecule has 0 radical (unpaired) electrons. The van der Waals surface area contributed by atoms with Crippen molar-refractivity contribution in [1.29, 1.82) is 0 Å². The lowest BCUT2D eigenvalue weighted by atomic mass is 10.1. The van der Waals surface area contributed by atoms with Crippen molar-refractivity contribution in [2.45, 2.75) is 18.9 Å². The minimum Gasteiger partial charge on any atom is -0.480 e. The first-order valence-corrected chi connectivity index (χ1v) is 4.62. The summed E-state index contributed by atoms with van der Waals surface area (Å²) in [4.78, 5) is 23.6. The van der Waals surface area contributed by atoms with E-state index in [0.717, 1.165) is 0 Å². The molecule has 1 fully saturated rings. The first kappa shape index (κ1) is 11.1. The molecular weight excluding hydrogens is 186 g/mol. The number of aliphatic carboxylic acids is 1. The van der Waals surface area contributed by atoms with E-state index in [1.54, 1.807) is 4.90 Å². The second-order valence-electron chi connectivity index (χ2n) is 3.38. The summed E-state index contributed by atoms with van der Waals surface area (Å²) < 4.78 is 4.84. The fraction of sp³-hybridized carbons (Fsp3) is 0.778. The third-order valence-corrected chi connectivity index (χ3v) is 2.41. The van der Waals surface area contributed by atoms with Gasteiger partial charge in [0.1, 0.15) is 11.8 Å². The zero-order valence-electron chi connectivity index (χ0n) is 8.23. The number of hydrogen-bond acceptors (Lipinski definition) is 4. The lowest BCUT2D eigenvalue weighted by Crippen LogP contribution is -2.48. The predicted molar refractivity (Wildman–Crippen MR) is 49.1 cm³/mol. The molecule has 5 heteroatoms. The number of hydrogen-bond donors (Lipinski definition) is 1. The molecule has 1 aliphatic rings. The van der Waals surface area contributed by atoms with Crippen LogP contribution in [0.4, 0.5) is 0 Å². The summed E-state index contributed by atoms with van der Waals surface area (Å²) in [6.07, 6.45) is 0.904. The van der Waals surface area contributed by atoms with E-state index < -0.39 is 12.0 Å². The Hall–Kier alpha value is -0.940. The summed E-state index contributed by atoms with van der Waals surface area (Å²) >= 11 is 0. The highest BCUT2D eigenvalue weighted by molar-refractivity contribution is 5.80. The lowest BCUT2D eigenvalue weighted by Gasteiger charge is -2.30. The zero-order valence-corrected chi connectivity index (χ0v) is 8.23. The van der Waals surface area contributed by atoms with Crippen LogP contribution in [0.2, 0.25) is 0 Å². The SMILES string of the molecule is COCC(C(=O)O)N1CCC(=O)CC1. The van der Waals surface area contributed by atoms with E-state index in [1.165, 1.54) is 7.11 Å². The van der Waals surface area contributed by atoms with Crippen LogP contribution in [0.5, 0.6) is 0 Å². The van der Waals surface area contributed by atoms with Gasteiger partial charge in [0.15, 0.2) is 0 Å². The largest absolute Gasteiger partial charge is 0.480 e. The number of piperidine rings is 1. The Morgan fingerprint density at radius 3 is 2.57 bits per heavy atom. The van der Waals surface area contributed by atoms with Crippen LogP contribution in [0, 0.1) is 0 Å². The quantitative estimate of drug-likeness (QED) is 0.679. The Morgan fingerprint density at radius 1 is 1.57 bits per heavy atom. The molecule has 1 unspecified atom stereocenters. The van der Waals surface area contributed by atoms with Crippen molar-refractivity contribution in [3.8, 4) is 0 Å². The summed E-state index contributed by atoms with van der Waals surface area (Å²) in [6.45, 7) is 1.22. The molecular formula is C9H15NO4. The molecule has 0 aliphatic carbocycles. The molecule has 0 aromatic rings. The highest BCUT2D eigenvalue weighted by atomic mass is 16.5. The van der Waals surface area contributed by atoms with Crippen molar-refractivity contribution >= 4 is 11.8 Å². The third kappa shape index (κ3) is 2.78. The molecule has 0 aromatic heterocycles. The maximum atomic E-state index is 11.0. The summed E-state index contributed by atoms with van der Waals surface area (Å²) in [5.74, 6) is -0.677. The standard InChI is InChI=1S/C9H15NO4/c1-14-6-8(9(12)13)10-4-2-7(11)3-5-10/h8H,2-6H2,1H3,(H,12,13). The van der Waals surface area contributed by atoms with Gasteiger partial charge in [-0.05, 0) is 0 Å². The van der Waals surface area contributed by atoms with Gasteiger partial charge in [0.05, 0.1) is 6.61 Å². The minimum absolute atomic E-state index is 0.170. The molecule has 1 N–H and O–H groups in total. The molecule has 0 spiro atoms. The van der Waals surface area contributed by atoms with Crippen LogP contribution in [0.1, 0.15) is 12.8 Å². The molecule has 1 heterocycles. The van der Waals surface area contributed by atoms with Gasteiger partial charge in [0.2, 0.25) is 0 Å². The maximum absolute atomic E-state index is 11.0. The van der Waals surface area contributed by atoms with Crippen molar-refractivity contribution in [3.63, 3.8) is 0 Å². The van der Waals surface area contributed by atoms with E-state index in [4.69, 9.17) is 9.84 Å². The summed E-state index contributed by atoms with van der Waals surface area (Å²) in [5, 5.41) is 8.92. The van der Waals surface area contributed by atoms with E-state index in [1.807, 2.05) is 0 Å². The van der Waals surface area contributed by atoms with Crippen LogP contribution in [0.25, 0.3) is 0 Å². The third-order valence-electron chi connectivity index (χ3n) is 2.41. The molecule has 0 saturated carbocycles. The topological polar surface area (TPSA) is 66.8 Å². The number of carbonyl (C=O) groups excluding carboxylic acids is 1. The first-order chi connectivity index (χ1) is 6.65. The Bertz CT molecular complexity index is 219. The van der Waals surface area contributed by atoms with Crippen LogP contribution < -0.4 is 0 Å². The average molecular weight is 201 g/mol. The number of carboxylic acids is 1. The number of rotatable bonds is 4. The van der Waals surface area contributed by atoms with Crippen LogP contribution in [0.3, 0.4) is 0 Å². The first-order valence-electron chi connectivity index (χ1n) is 4.62. The van der Waals surface area contributed by atoms with Crippen LogP contribution in [0.15, 0.2) is 0 Å². The molecule has 0 bridgehead atoms. The number of nitrogens with zero attached hydrogens (tertiary/aromatic N) is 1. The zero-order chi connectivity index (χ0) is 10.6. The molecule has 80 valence electrons. The van der Waals surface area contributed by atoms with E-state index in [9.17, 15) is 9.59 Å². The van der Waals surface area contributed by atoms with Gasteiger partial charge >= 0.3 is 5.97 Å². The van der Waals surface area contributed by atoms with Crippen molar-refractivity contribution in [2.75, 3.05) is 26.8 Å². The van der Waals surface area contributed by atoms with E-state index in [2.05, 4.69) is 0 Å². The van der Waals surface area contributed by atoms with Crippen molar-refractivity contribution in [3.05, 3.63) is 0 Å². The van der Waals surface area contributed by atoms with Crippen molar-refractivity contribution in [2.24, 2.45) is 0 Å². The van der Waals surface area contributed by atoms with Crippen LogP contribution in [-0.2, 0) is 14.3 Å². The smallest absolute Gasteiger partial charge is 0.323 e. The molecule has 5 nitrogen and oxygen atoms in total.